The van der Waals surface area contributed by atoms with Gasteiger partial charge in [-0.05, 0) is 29.9 Å². The van der Waals surface area contributed by atoms with Gasteiger partial charge in [-0.15, -0.1) is 11.3 Å². The molecule has 1 fully saturated rings. The van der Waals surface area contributed by atoms with Crippen LogP contribution in [-0.4, -0.2) is 29.9 Å². The largest absolute Gasteiger partial charge is 0.336 e. The highest BCUT2D eigenvalue weighted by atomic mass is 32.1. The van der Waals surface area contributed by atoms with E-state index in [1.807, 2.05) is 29.2 Å². The summed E-state index contributed by atoms with van der Waals surface area (Å²) in [6.45, 7) is 3.65. The molecule has 19 heavy (non-hydrogen) atoms. The van der Waals surface area contributed by atoms with Gasteiger partial charge in [0.2, 0.25) is 0 Å². The fourth-order valence-electron chi connectivity index (χ4n) is 2.53. The van der Waals surface area contributed by atoms with Crippen LogP contribution in [0.25, 0.3) is 10.1 Å². The molecule has 0 aliphatic carbocycles. The number of nitrogens with zero attached hydrogens (tertiary/aromatic N) is 1. The molecule has 1 saturated heterocycles. The Morgan fingerprint density at radius 2 is 2.21 bits per heavy atom. The summed E-state index contributed by atoms with van der Waals surface area (Å²) in [5.41, 5.74) is 6.07. The van der Waals surface area contributed by atoms with Crippen molar-refractivity contribution in [2.45, 2.75) is 19.4 Å². The summed E-state index contributed by atoms with van der Waals surface area (Å²) in [6, 6.07) is 10.2. The van der Waals surface area contributed by atoms with Crippen molar-refractivity contribution >= 4 is 27.3 Å². The number of amides is 1. The number of piperidine rings is 1. The summed E-state index contributed by atoms with van der Waals surface area (Å²) in [6.07, 6.45) is 0.998. The highest BCUT2D eigenvalue weighted by Gasteiger charge is 2.27. The van der Waals surface area contributed by atoms with E-state index in [4.69, 9.17) is 5.73 Å². The molecule has 2 N–H and O–H groups in total. The van der Waals surface area contributed by atoms with Crippen molar-refractivity contribution in [3.63, 3.8) is 0 Å². The van der Waals surface area contributed by atoms with Crippen LogP contribution >= 0.6 is 11.3 Å². The van der Waals surface area contributed by atoms with Crippen LogP contribution in [0.5, 0.6) is 0 Å². The van der Waals surface area contributed by atoms with E-state index in [-0.39, 0.29) is 11.9 Å². The van der Waals surface area contributed by atoms with Crippen molar-refractivity contribution in [2.24, 2.45) is 11.7 Å². The third-order valence-corrected chi connectivity index (χ3v) is 5.04. The zero-order valence-electron chi connectivity index (χ0n) is 11.0. The van der Waals surface area contributed by atoms with Crippen LogP contribution in [0, 0.1) is 5.92 Å². The number of likely N-dealkylation sites (tertiary alicyclic amines) is 1. The summed E-state index contributed by atoms with van der Waals surface area (Å²) in [5, 5.41) is 1.14. The van der Waals surface area contributed by atoms with Crippen molar-refractivity contribution in [1.29, 1.82) is 0 Å². The molecule has 4 heteroatoms. The number of carbonyl (C=O) groups is 1. The predicted octanol–water partition coefficient (Wildman–Crippen LogP) is 2.71. The van der Waals surface area contributed by atoms with Crippen LogP contribution in [-0.2, 0) is 0 Å². The highest BCUT2D eigenvalue weighted by molar-refractivity contribution is 7.20. The minimum atomic E-state index is 0.104. The number of hydrogen-bond donors (Lipinski definition) is 1. The Morgan fingerprint density at radius 1 is 1.42 bits per heavy atom. The van der Waals surface area contributed by atoms with E-state index in [0.29, 0.717) is 12.5 Å². The Balaban J connectivity index is 1.83. The Kier molecular flexibility index (Phi) is 3.29. The first-order valence-electron chi connectivity index (χ1n) is 6.68. The van der Waals surface area contributed by atoms with Crippen LogP contribution in [0.3, 0.4) is 0 Å². The maximum Gasteiger partial charge on any atom is 0.264 e. The van der Waals surface area contributed by atoms with Crippen LogP contribution < -0.4 is 5.73 Å². The SMILES string of the molecule is CC1CCN(C(=O)c2cc3ccccc3s2)CC1N. The normalized spacial score (nSPS) is 23.8. The molecule has 2 unspecified atom stereocenters. The van der Waals surface area contributed by atoms with E-state index in [2.05, 4.69) is 13.0 Å². The first-order valence-corrected chi connectivity index (χ1v) is 7.50. The van der Waals surface area contributed by atoms with Gasteiger partial charge in [0.05, 0.1) is 4.88 Å². The fourth-order valence-corrected chi connectivity index (χ4v) is 3.56. The fraction of sp³-hybridized carbons (Fsp3) is 0.400. The number of rotatable bonds is 1. The molecule has 100 valence electrons. The minimum Gasteiger partial charge on any atom is -0.336 e. The molecule has 0 saturated carbocycles. The lowest BCUT2D eigenvalue weighted by atomic mass is 9.94. The molecule has 1 aromatic carbocycles. The summed E-state index contributed by atoms with van der Waals surface area (Å²) >= 11 is 1.57. The van der Waals surface area contributed by atoms with Gasteiger partial charge >= 0.3 is 0 Å². The third-order valence-electron chi connectivity index (χ3n) is 3.94. The second-order valence-corrected chi connectivity index (χ2v) is 6.41. The standard InChI is InChI=1S/C15H18N2OS/c1-10-6-7-17(9-12(10)16)15(18)14-8-11-4-2-3-5-13(11)19-14/h2-5,8,10,12H,6-7,9,16H2,1H3. The van der Waals surface area contributed by atoms with E-state index in [9.17, 15) is 4.79 Å². The van der Waals surface area contributed by atoms with E-state index in [1.54, 1.807) is 11.3 Å². The average molecular weight is 274 g/mol. The predicted molar refractivity (Wildman–Crippen MR) is 79.5 cm³/mol. The van der Waals surface area contributed by atoms with Gasteiger partial charge in [0.15, 0.2) is 0 Å². The maximum atomic E-state index is 12.5. The van der Waals surface area contributed by atoms with Crippen molar-refractivity contribution in [3.05, 3.63) is 35.2 Å². The van der Waals surface area contributed by atoms with Crippen molar-refractivity contribution in [2.75, 3.05) is 13.1 Å². The van der Waals surface area contributed by atoms with Gasteiger partial charge in [0.1, 0.15) is 0 Å². The molecule has 0 radical (unpaired) electrons. The third kappa shape index (κ3) is 2.38. The zero-order valence-corrected chi connectivity index (χ0v) is 11.8. The second kappa shape index (κ2) is 4.94. The molecule has 2 aromatic rings. The average Bonchev–Trinajstić information content (AvgIpc) is 2.85. The molecule has 1 aromatic heterocycles. The lowest BCUT2D eigenvalue weighted by Crippen LogP contribution is -2.49. The monoisotopic (exact) mass is 274 g/mol. The smallest absolute Gasteiger partial charge is 0.264 e. The van der Waals surface area contributed by atoms with Gasteiger partial charge < -0.3 is 10.6 Å². The van der Waals surface area contributed by atoms with E-state index < -0.39 is 0 Å². The summed E-state index contributed by atoms with van der Waals surface area (Å²) < 4.78 is 1.17. The Bertz CT molecular complexity index is 574. The van der Waals surface area contributed by atoms with Crippen LogP contribution in [0.2, 0.25) is 0 Å². The van der Waals surface area contributed by atoms with Crippen molar-refractivity contribution in [1.82, 2.24) is 4.90 Å². The quantitative estimate of drug-likeness (QED) is 0.869. The number of thiophene rings is 1. The molecule has 3 nitrogen and oxygen atoms in total. The first kappa shape index (κ1) is 12.6. The minimum absolute atomic E-state index is 0.104. The topological polar surface area (TPSA) is 46.3 Å². The van der Waals surface area contributed by atoms with Gasteiger partial charge in [0, 0.05) is 23.8 Å². The van der Waals surface area contributed by atoms with Gasteiger partial charge in [-0.25, -0.2) is 0 Å². The summed E-state index contributed by atoms with van der Waals surface area (Å²) in [7, 11) is 0. The molecule has 2 atom stereocenters. The Hall–Kier alpha value is -1.39. The Morgan fingerprint density at radius 3 is 2.95 bits per heavy atom. The molecular weight excluding hydrogens is 256 g/mol. The lowest BCUT2D eigenvalue weighted by Gasteiger charge is -2.34. The van der Waals surface area contributed by atoms with E-state index in [1.165, 1.54) is 4.70 Å². The molecule has 1 aliphatic rings. The van der Waals surface area contributed by atoms with Crippen molar-refractivity contribution in [3.8, 4) is 0 Å². The number of carbonyl (C=O) groups excluding carboxylic acids is 1. The molecule has 2 heterocycles. The van der Waals surface area contributed by atoms with Gasteiger partial charge in [-0.1, -0.05) is 25.1 Å². The van der Waals surface area contributed by atoms with Crippen LogP contribution in [0.4, 0.5) is 0 Å². The van der Waals surface area contributed by atoms with Crippen molar-refractivity contribution < 1.29 is 4.79 Å². The first-order chi connectivity index (χ1) is 9.15. The maximum absolute atomic E-state index is 12.5. The molecule has 0 spiro atoms. The zero-order chi connectivity index (χ0) is 13.4. The number of hydrogen-bond acceptors (Lipinski definition) is 3. The highest BCUT2D eigenvalue weighted by Crippen LogP contribution is 2.27. The van der Waals surface area contributed by atoms with Crippen LogP contribution in [0.15, 0.2) is 30.3 Å². The number of nitrogens with two attached hydrogens (primary N) is 1. The molecular formula is C15H18N2OS. The summed E-state index contributed by atoms with van der Waals surface area (Å²) in [4.78, 5) is 15.2. The molecule has 1 aliphatic heterocycles. The lowest BCUT2D eigenvalue weighted by molar-refractivity contribution is 0.0677. The molecule has 0 bridgehead atoms. The van der Waals surface area contributed by atoms with Gasteiger partial charge in [-0.3, -0.25) is 4.79 Å². The molecule has 3 rings (SSSR count). The second-order valence-electron chi connectivity index (χ2n) is 5.33. The van der Waals surface area contributed by atoms with E-state index in [0.717, 1.165) is 23.2 Å². The summed E-state index contributed by atoms with van der Waals surface area (Å²) in [5.74, 6) is 0.634. The number of benzene rings is 1. The van der Waals surface area contributed by atoms with Crippen LogP contribution in [0.1, 0.15) is 23.0 Å². The molecule has 1 amide bonds. The Labute approximate surface area is 117 Å². The van der Waals surface area contributed by atoms with Gasteiger partial charge in [-0.2, -0.15) is 0 Å². The van der Waals surface area contributed by atoms with E-state index >= 15 is 0 Å². The van der Waals surface area contributed by atoms with Gasteiger partial charge in [0.25, 0.3) is 5.91 Å². The number of fused-ring (bicyclic) bond motifs is 1.